The summed E-state index contributed by atoms with van der Waals surface area (Å²) < 4.78 is 30.6. The van der Waals surface area contributed by atoms with Crippen LogP contribution in [0.3, 0.4) is 0 Å². The SMILES string of the molecule is CCCCCc1ccc(OS(=O)(=O)Cc2ccccc2)c(CCCCC)c1. The summed E-state index contributed by atoms with van der Waals surface area (Å²) in [7, 11) is -3.67. The molecule has 2 aromatic rings. The molecule has 0 fully saturated rings. The Kier molecular flexibility index (Phi) is 8.86. The topological polar surface area (TPSA) is 43.4 Å². The van der Waals surface area contributed by atoms with Crippen molar-refractivity contribution >= 4 is 10.1 Å². The summed E-state index contributed by atoms with van der Waals surface area (Å²) in [4.78, 5) is 0. The van der Waals surface area contributed by atoms with Crippen LogP contribution < -0.4 is 4.18 Å². The van der Waals surface area contributed by atoms with Crippen molar-refractivity contribution in [1.29, 1.82) is 0 Å². The highest BCUT2D eigenvalue weighted by molar-refractivity contribution is 7.86. The minimum Gasteiger partial charge on any atom is -0.382 e. The lowest BCUT2D eigenvalue weighted by molar-refractivity contribution is 0.480. The van der Waals surface area contributed by atoms with Gasteiger partial charge in [-0.1, -0.05) is 82.0 Å². The summed E-state index contributed by atoms with van der Waals surface area (Å²) in [5.41, 5.74) is 3.01. The van der Waals surface area contributed by atoms with E-state index in [4.69, 9.17) is 4.18 Å². The van der Waals surface area contributed by atoms with E-state index in [9.17, 15) is 8.42 Å². The average molecular weight is 389 g/mol. The third kappa shape index (κ3) is 7.76. The van der Waals surface area contributed by atoms with Gasteiger partial charge in [-0.3, -0.25) is 0 Å². The lowest BCUT2D eigenvalue weighted by Gasteiger charge is -2.13. The molecule has 0 N–H and O–H groups in total. The van der Waals surface area contributed by atoms with Gasteiger partial charge in [0.25, 0.3) is 0 Å². The molecule has 0 aliphatic heterocycles. The minimum atomic E-state index is -3.67. The predicted octanol–water partition coefficient (Wildman–Crippen LogP) is 6.06. The van der Waals surface area contributed by atoms with Crippen LogP contribution in [0, 0.1) is 0 Å². The van der Waals surface area contributed by atoms with Crippen molar-refractivity contribution in [2.24, 2.45) is 0 Å². The highest BCUT2D eigenvalue weighted by Gasteiger charge is 2.17. The van der Waals surface area contributed by atoms with Crippen molar-refractivity contribution in [2.75, 3.05) is 0 Å². The van der Waals surface area contributed by atoms with E-state index >= 15 is 0 Å². The second kappa shape index (κ2) is 11.1. The van der Waals surface area contributed by atoms with E-state index in [1.807, 2.05) is 30.3 Å². The number of hydrogen-bond donors (Lipinski definition) is 0. The second-order valence-corrected chi connectivity index (χ2v) is 8.70. The highest BCUT2D eigenvalue weighted by Crippen LogP contribution is 2.26. The molecule has 0 aromatic heterocycles. The van der Waals surface area contributed by atoms with Gasteiger partial charge in [-0.15, -0.1) is 0 Å². The molecule has 0 spiro atoms. The summed E-state index contributed by atoms with van der Waals surface area (Å²) in [6, 6.07) is 15.1. The van der Waals surface area contributed by atoms with E-state index in [1.165, 1.54) is 18.4 Å². The summed E-state index contributed by atoms with van der Waals surface area (Å²) in [5.74, 6) is 0.377. The molecule has 148 valence electrons. The van der Waals surface area contributed by atoms with Crippen LogP contribution in [0.15, 0.2) is 48.5 Å². The van der Waals surface area contributed by atoms with Gasteiger partial charge in [-0.2, -0.15) is 8.42 Å². The standard InChI is InChI=1S/C23H32O3S/c1-3-5-8-12-20-16-17-23(22(18-20)15-9-6-4-2)26-27(24,25)19-21-13-10-7-11-14-21/h7,10-11,13-14,16-18H,3-6,8-9,12,15,19H2,1-2H3. The second-order valence-electron chi connectivity index (χ2n) is 7.13. The molecular formula is C23H32O3S. The first kappa shape index (κ1) is 21.5. The fourth-order valence-corrected chi connectivity index (χ4v) is 4.25. The van der Waals surface area contributed by atoms with E-state index < -0.39 is 10.1 Å². The Balaban J connectivity index is 2.14. The molecule has 0 radical (unpaired) electrons. The van der Waals surface area contributed by atoms with Gasteiger partial charge in [0.05, 0.1) is 0 Å². The number of unbranched alkanes of at least 4 members (excludes halogenated alkanes) is 4. The Morgan fingerprint density at radius 1 is 0.778 bits per heavy atom. The molecule has 0 heterocycles. The highest BCUT2D eigenvalue weighted by atomic mass is 32.2. The number of aryl methyl sites for hydroxylation is 2. The van der Waals surface area contributed by atoms with Crippen LogP contribution in [-0.2, 0) is 28.7 Å². The third-order valence-corrected chi connectivity index (χ3v) is 5.77. The van der Waals surface area contributed by atoms with E-state index in [1.54, 1.807) is 12.1 Å². The Bertz CT molecular complexity index is 783. The maximum atomic E-state index is 12.5. The fourth-order valence-electron chi connectivity index (χ4n) is 3.15. The van der Waals surface area contributed by atoms with Gasteiger partial charge in [-0.05, 0) is 48.4 Å². The van der Waals surface area contributed by atoms with E-state index in [2.05, 4.69) is 19.9 Å². The number of rotatable bonds is 12. The van der Waals surface area contributed by atoms with Gasteiger partial charge in [0, 0.05) is 0 Å². The maximum absolute atomic E-state index is 12.5. The molecule has 27 heavy (non-hydrogen) atoms. The van der Waals surface area contributed by atoms with Gasteiger partial charge < -0.3 is 4.18 Å². The zero-order valence-corrected chi connectivity index (χ0v) is 17.4. The van der Waals surface area contributed by atoms with Gasteiger partial charge in [0.15, 0.2) is 0 Å². The Morgan fingerprint density at radius 2 is 1.44 bits per heavy atom. The van der Waals surface area contributed by atoms with E-state index in [-0.39, 0.29) is 5.75 Å². The largest absolute Gasteiger partial charge is 0.382 e. The van der Waals surface area contributed by atoms with E-state index in [0.29, 0.717) is 5.75 Å². The minimum absolute atomic E-state index is 0.111. The van der Waals surface area contributed by atoms with Crippen LogP contribution in [0.4, 0.5) is 0 Å². The molecule has 4 heteroatoms. The van der Waals surface area contributed by atoms with Crippen molar-refractivity contribution in [2.45, 2.75) is 71.0 Å². The number of benzene rings is 2. The smallest absolute Gasteiger partial charge is 0.313 e. The van der Waals surface area contributed by atoms with Crippen LogP contribution in [0.2, 0.25) is 0 Å². The van der Waals surface area contributed by atoms with E-state index in [0.717, 1.165) is 49.7 Å². The van der Waals surface area contributed by atoms with Crippen molar-refractivity contribution in [3.05, 3.63) is 65.2 Å². The molecule has 0 saturated heterocycles. The van der Waals surface area contributed by atoms with Crippen LogP contribution in [0.25, 0.3) is 0 Å². The van der Waals surface area contributed by atoms with Gasteiger partial charge in [0.1, 0.15) is 11.5 Å². The molecule has 0 aliphatic rings. The molecule has 0 unspecified atom stereocenters. The van der Waals surface area contributed by atoms with Crippen molar-refractivity contribution in [1.82, 2.24) is 0 Å². The zero-order chi connectivity index (χ0) is 19.5. The first-order valence-electron chi connectivity index (χ1n) is 10.1. The molecule has 2 aromatic carbocycles. The summed E-state index contributed by atoms with van der Waals surface area (Å²) in [6.45, 7) is 4.37. The summed E-state index contributed by atoms with van der Waals surface area (Å²) >= 11 is 0. The molecule has 0 bridgehead atoms. The third-order valence-electron chi connectivity index (χ3n) is 4.65. The first-order valence-corrected chi connectivity index (χ1v) is 11.7. The Labute approximate surface area is 164 Å². The normalized spacial score (nSPS) is 11.5. The van der Waals surface area contributed by atoms with Crippen molar-refractivity contribution in [3.8, 4) is 5.75 Å². The lowest BCUT2D eigenvalue weighted by Crippen LogP contribution is -2.13. The Morgan fingerprint density at radius 3 is 2.11 bits per heavy atom. The molecule has 0 aliphatic carbocycles. The fraction of sp³-hybridized carbons (Fsp3) is 0.478. The van der Waals surface area contributed by atoms with Crippen LogP contribution in [0.5, 0.6) is 5.75 Å². The van der Waals surface area contributed by atoms with Gasteiger partial charge in [-0.25, -0.2) is 0 Å². The van der Waals surface area contributed by atoms with Crippen molar-refractivity contribution < 1.29 is 12.6 Å². The van der Waals surface area contributed by atoms with Gasteiger partial charge in [0.2, 0.25) is 0 Å². The quantitative estimate of drug-likeness (QED) is 0.328. The molecule has 0 atom stereocenters. The molecule has 3 nitrogen and oxygen atoms in total. The zero-order valence-electron chi connectivity index (χ0n) is 16.6. The Hall–Kier alpha value is -1.81. The predicted molar refractivity (Wildman–Crippen MR) is 113 cm³/mol. The van der Waals surface area contributed by atoms with Crippen LogP contribution in [-0.4, -0.2) is 8.42 Å². The first-order chi connectivity index (χ1) is 13.0. The van der Waals surface area contributed by atoms with Gasteiger partial charge >= 0.3 is 10.1 Å². The monoisotopic (exact) mass is 388 g/mol. The summed E-state index contributed by atoms with van der Waals surface area (Å²) in [5, 5.41) is 0. The molecule has 0 amide bonds. The molecule has 0 saturated carbocycles. The van der Waals surface area contributed by atoms with Crippen molar-refractivity contribution in [3.63, 3.8) is 0 Å². The van der Waals surface area contributed by atoms with Crippen LogP contribution >= 0.6 is 0 Å². The lowest BCUT2D eigenvalue weighted by atomic mass is 10.0. The number of hydrogen-bond acceptors (Lipinski definition) is 3. The van der Waals surface area contributed by atoms with Crippen LogP contribution in [0.1, 0.15) is 69.1 Å². The summed E-state index contributed by atoms with van der Waals surface area (Å²) in [6.07, 6.45) is 8.78. The maximum Gasteiger partial charge on any atom is 0.313 e. The average Bonchev–Trinajstić information content (AvgIpc) is 2.64. The molecular weight excluding hydrogens is 356 g/mol. The molecule has 2 rings (SSSR count).